The van der Waals surface area contributed by atoms with E-state index in [0.29, 0.717) is 0 Å². The van der Waals surface area contributed by atoms with Crippen molar-refractivity contribution < 1.29 is 26.2 Å². The molecule has 0 N–H and O–H groups in total. The summed E-state index contributed by atoms with van der Waals surface area (Å²) in [6.07, 6.45) is 18.3. The zero-order chi connectivity index (χ0) is 18.9. The van der Waals surface area contributed by atoms with Crippen LogP contribution in [0.4, 0.5) is 0 Å². The maximum absolute atomic E-state index is 3.12. The van der Waals surface area contributed by atoms with Gasteiger partial charge in [-0.2, -0.15) is 12.2 Å². The number of benzene rings is 2. The second-order valence-electron chi connectivity index (χ2n) is 5.78. The van der Waals surface area contributed by atoms with E-state index in [1.54, 1.807) is 0 Å². The van der Waals surface area contributed by atoms with Gasteiger partial charge in [-0.1, -0.05) is 80.7 Å². The van der Waals surface area contributed by atoms with Crippen LogP contribution in [0.3, 0.4) is 0 Å². The van der Waals surface area contributed by atoms with Crippen molar-refractivity contribution in [1.82, 2.24) is 0 Å². The molecule has 0 aromatic heterocycles. The Bertz CT molecular complexity index is 647. The summed E-state index contributed by atoms with van der Waals surface area (Å²) in [6.45, 7) is 6.48. The zero-order valence-electron chi connectivity index (χ0n) is 16.7. The van der Waals surface area contributed by atoms with Gasteiger partial charge >= 0.3 is 26.2 Å². The minimum Gasteiger partial charge on any atom is -0.273 e. The minimum absolute atomic E-state index is 0. The molecule has 137 valence electrons. The molecule has 27 heavy (non-hydrogen) atoms. The quantitative estimate of drug-likeness (QED) is 0.330. The van der Waals surface area contributed by atoms with Crippen molar-refractivity contribution in [1.29, 1.82) is 0 Å². The minimum atomic E-state index is 0. The van der Waals surface area contributed by atoms with Gasteiger partial charge in [0.25, 0.3) is 0 Å². The van der Waals surface area contributed by atoms with Gasteiger partial charge in [-0.25, -0.2) is 23.8 Å². The van der Waals surface area contributed by atoms with Crippen LogP contribution in [0, 0.1) is 12.2 Å². The molecular weight excluding hydrogens is 420 g/mol. The fourth-order valence-electron chi connectivity index (χ4n) is 2.12. The van der Waals surface area contributed by atoms with Crippen LogP contribution in [0.25, 0.3) is 11.1 Å². The average Bonchev–Trinajstić information content (AvgIpc) is 3.41. The largest absolute Gasteiger partial charge is 2.00 e. The third-order valence-electron chi connectivity index (χ3n) is 3.33. The Balaban J connectivity index is 0.000000380. The maximum Gasteiger partial charge on any atom is 2.00 e. The Morgan fingerprint density at radius 2 is 1.30 bits per heavy atom. The molecule has 0 saturated carbocycles. The monoisotopic (exact) mass is 447 g/mol. The van der Waals surface area contributed by atoms with Crippen molar-refractivity contribution in [3.8, 4) is 11.1 Å². The van der Waals surface area contributed by atoms with E-state index in [-0.39, 0.29) is 26.2 Å². The molecule has 0 bridgehead atoms. The molecular formula is C25H29SiZr. The van der Waals surface area contributed by atoms with Crippen molar-refractivity contribution >= 4 is 9.52 Å². The second-order valence-corrected chi connectivity index (χ2v) is 6.93. The summed E-state index contributed by atoms with van der Waals surface area (Å²) in [7, 11) is 0.750. The van der Waals surface area contributed by atoms with Gasteiger partial charge in [0.05, 0.1) is 0 Å². The summed E-state index contributed by atoms with van der Waals surface area (Å²) in [5, 5.41) is 0. The van der Waals surface area contributed by atoms with Crippen molar-refractivity contribution in [3.63, 3.8) is 0 Å². The Labute approximate surface area is 187 Å². The van der Waals surface area contributed by atoms with Gasteiger partial charge in [-0.15, -0.1) is 12.8 Å². The molecule has 2 aliphatic rings. The molecule has 0 atom stereocenters. The molecule has 0 fully saturated rings. The Hall–Kier alpha value is -1.50. The fourth-order valence-corrected chi connectivity index (χ4v) is 2.12. The molecule has 0 unspecified atom stereocenters. The van der Waals surface area contributed by atoms with Gasteiger partial charge in [0, 0.05) is 9.52 Å². The first-order valence-electron chi connectivity index (χ1n) is 9.08. The van der Waals surface area contributed by atoms with E-state index in [9.17, 15) is 0 Å². The third-order valence-corrected chi connectivity index (χ3v) is 3.33. The van der Waals surface area contributed by atoms with Gasteiger partial charge in [0.2, 0.25) is 0 Å². The van der Waals surface area contributed by atoms with E-state index in [1.165, 1.54) is 16.7 Å². The van der Waals surface area contributed by atoms with E-state index in [1.807, 2.05) is 24.3 Å². The summed E-state index contributed by atoms with van der Waals surface area (Å²) < 4.78 is 0. The summed E-state index contributed by atoms with van der Waals surface area (Å²) in [6, 6.07) is 20.8. The molecule has 0 saturated heterocycles. The summed E-state index contributed by atoms with van der Waals surface area (Å²) in [4.78, 5) is 0. The number of allylic oxidation sites excluding steroid dienone is 8. The Kier molecular flexibility index (Phi) is 16.9. The molecule has 2 heteroatoms. The smallest absolute Gasteiger partial charge is 0.273 e. The van der Waals surface area contributed by atoms with Crippen molar-refractivity contribution in [2.45, 2.75) is 32.9 Å². The van der Waals surface area contributed by atoms with E-state index in [4.69, 9.17) is 0 Å². The predicted molar refractivity (Wildman–Crippen MR) is 119 cm³/mol. The third kappa shape index (κ3) is 13.3. The first-order valence-corrected chi connectivity index (χ1v) is 11.4. The zero-order valence-corrected chi connectivity index (χ0v) is 20.3. The second kappa shape index (κ2) is 17.9. The van der Waals surface area contributed by atoms with Crippen LogP contribution in [-0.4, -0.2) is 9.52 Å². The molecule has 1 radical (unpaired) electrons. The van der Waals surface area contributed by atoms with E-state index < -0.39 is 0 Å². The first-order chi connectivity index (χ1) is 12.8. The number of hydrogen-bond acceptors (Lipinski definition) is 0. The van der Waals surface area contributed by atoms with E-state index in [0.717, 1.165) is 22.4 Å². The topological polar surface area (TPSA) is 0 Å². The van der Waals surface area contributed by atoms with Crippen LogP contribution in [0.15, 0.2) is 96.6 Å². The van der Waals surface area contributed by atoms with Crippen molar-refractivity contribution in [2.75, 3.05) is 0 Å². The van der Waals surface area contributed by atoms with Crippen LogP contribution in [-0.2, 0) is 26.2 Å². The average molecular weight is 449 g/mol. The van der Waals surface area contributed by atoms with Crippen molar-refractivity contribution in [3.05, 3.63) is 109 Å². The van der Waals surface area contributed by atoms with E-state index in [2.05, 4.69) is 98.9 Å². The maximum atomic E-state index is 3.12. The SMILES string of the molecule is CC1=[C-]CC=C1.C[SiH]C.[C-]1=CC=CC1.[Zr+2].c1ccc(-c2ccccc2)cc1. The van der Waals surface area contributed by atoms with E-state index >= 15 is 0 Å². The Morgan fingerprint density at radius 1 is 0.778 bits per heavy atom. The molecule has 0 heterocycles. The summed E-state index contributed by atoms with van der Waals surface area (Å²) in [5.41, 5.74) is 3.83. The first kappa shape index (κ1) is 25.5. The Morgan fingerprint density at radius 3 is 1.52 bits per heavy atom. The molecule has 2 aliphatic carbocycles. The normalized spacial score (nSPS) is 12.3. The fraction of sp³-hybridized carbons (Fsp3) is 0.200. The molecule has 4 rings (SSSR count). The molecule has 0 amide bonds. The number of hydrogen-bond donors (Lipinski definition) is 0. The van der Waals surface area contributed by atoms with Crippen LogP contribution < -0.4 is 0 Å². The van der Waals surface area contributed by atoms with Crippen LogP contribution in [0.1, 0.15) is 19.8 Å². The van der Waals surface area contributed by atoms with Gasteiger partial charge in [0.15, 0.2) is 0 Å². The molecule has 2 aromatic rings. The van der Waals surface area contributed by atoms with Gasteiger partial charge in [0.1, 0.15) is 0 Å². The predicted octanol–water partition coefficient (Wildman–Crippen LogP) is 6.87. The molecule has 0 nitrogen and oxygen atoms in total. The standard InChI is InChI=1S/C12H10.C6H7.C5H5.C2H7Si.Zr/c1-3-7-11(8-4-1)12-9-5-2-6-10-12;1-6-4-2-3-5-6;1-2-4-5-3-1;1-3-2;/h1-10H;2,4H,3H2,1H3;1-3H,4H2;3H,1-2H3;/q;2*-1;;+2. The summed E-state index contributed by atoms with van der Waals surface area (Å²) in [5.74, 6) is 0. The molecule has 2 aromatic carbocycles. The van der Waals surface area contributed by atoms with Gasteiger partial charge in [-0.05, 0) is 11.1 Å². The van der Waals surface area contributed by atoms with Gasteiger partial charge < -0.3 is 0 Å². The molecule has 0 aliphatic heterocycles. The van der Waals surface area contributed by atoms with Crippen molar-refractivity contribution in [2.24, 2.45) is 0 Å². The summed E-state index contributed by atoms with van der Waals surface area (Å²) >= 11 is 0. The van der Waals surface area contributed by atoms with Gasteiger partial charge in [-0.3, -0.25) is 12.2 Å². The molecule has 0 spiro atoms. The van der Waals surface area contributed by atoms with Crippen LogP contribution >= 0.6 is 0 Å². The van der Waals surface area contributed by atoms with Crippen LogP contribution in [0.5, 0.6) is 0 Å². The van der Waals surface area contributed by atoms with Crippen LogP contribution in [0.2, 0.25) is 13.1 Å². The number of rotatable bonds is 1.